The van der Waals surface area contributed by atoms with E-state index in [0.29, 0.717) is 35.6 Å². The molecule has 11 nitrogen and oxygen atoms in total. The van der Waals surface area contributed by atoms with E-state index < -0.39 is 0 Å². The van der Waals surface area contributed by atoms with Crippen molar-refractivity contribution in [2.75, 3.05) is 45.8 Å². The molecule has 0 saturated carbocycles. The number of pyridine rings is 2. The van der Waals surface area contributed by atoms with Crippen molar-refractivity contribution in [1.29, 1.82) is 0 Å². The van der Waals surface area contributed by atoms with Gasteiger partial charge in [0.15, 0.2) is 16.5 Å². The minimum atomic E-state index is -0.304. The van der Waals surface area contributed by atoms with Crippen molar-refractivity contribution in [3.05, 3.63) is 52.0 Å². The lowest BCUT2D eigenvalue weighted by atomic mass is 10.1. The van der Waals surface area contributed by atoms with Crippen molar-refractivity contribution in [2.45, 2.75) is 27.3 Å². The van der Waals surface area contributed by atoms with Crippen molar-refractivity contribution in [3.63, 3.8) is 0 Å². The molecule has 0 aliphatic carbocycles. The number of nitrogens with zero attached hydrogens (tertiary/aromatic N) is 6. The lowest BCUT2D eigenvalue weighted by Gasteiger charge is -2.18. The summed E-state index contributed by atoms with van der Waals surface area (Å²) in [5.74, 6) is 1.61. The van der Waals surface area contributed by atoms with Crippen LogP contribution in [-0.4, -0.2) is 70.1 Å². The minimum Gasteiger partial charge on any atom is -0.494 e. The lowest BCUT2D eigenvalue weighted by Crippen LogP contribution is -2.27. The van der Waals surface area contributed by atoms with Crippen LogP contribution in [0.3, 0.4) is 0 Å². The SMILES string of the molecule is CCN(CC)CCOc1ccc(Nc2nnc3cc(-c4c(OC)cnc(Cl)c4OC)c(=O)n(CC)c3n2)cc1. The molecule has 0 amide bonds. The molecular formula is C27H32ClN7O4. The summed E-state index contributed by atoms with van der Waals surface area (Å²) < 4.78 is 18.3. The molecule has 0 saturated heterocycles. The number of likely N-dealkylation sites (N-methyl/N-ethyl adjacent to an activating group) is 1. The number of fused-ring (bicyclic) bond motifs is 1. The summed E-state index contributed by atoms with van der Waals surface area (Å²) >= 11 is 6.25. The smallest absolute Gasteiger partial charge is 0.260 e. The van der Waals surface area contributed by atoms with Crippen LogP contribution in [0.15, 0.2) is 41.3 Å². The zero-order chi connectivity index (χ0) is 27.9. The Morgan fingerprint density at radius 2 is 1.79 bits per heavy atom. The van der Waals surface area contributed by atoms with E-state index in [4.69, 9.17) is 25.8 Å². The molecule has 0 aliphatic heterocycles. The predicted molar refractivity (Wildman–Crippen MR) is 152 cm³/mol. The number of hydrogen-bond donors (Lipinski definition) is 1. The molecule has 4 aromatic rings. The van der Waals surface area contributed by atoms with Crippen LogP contribution in [0, 0.1) is 0 Å². The highest BCUT2D eigenvalue weighted by atomic mass is 35.5. The zero-order valence-corrected chi connectivity index (χ0v) is 23.4. The molecule has 4 rings (SSSR count). The van der Waals surface area contributed by atoms with Crippen molar-refractivity contribution >= 4 is 34.4 Å². The predicted octanol–water partition coefficient (Wildman–Crippen LogP) is 4.40. The van der Waals surface area contributed by atoms with Gasteiger partial charge < -0.3 is 24.4 Å². The molecule has 206 valence electrons. The first-order chi connectivity index (χ1) is 18.9. The molecule has 1 N–H and O–H groups in total. The first kappa shape index (κ1) is 28.1. The summed E-state index contributed by atoms with van der Waals surface area (Å²) in [4.78, 5) is 24.6. The largest absolute Gasteiger partial charge is 0.494 e. The second kappa shape index (κ2) is 12.7. The van der Waals surface area contributed by atoms with Crippen molar-refractivity contribution in [2.24, 2.45) is 0 Å². The van der Waals surface area contributed by atoms with Gasteiger partial charge in [0.25, 0.3) is 5.56 Å². The third-order valence-corrected chi connectivity index (χ3v) is 6.62. The first-order valence-corrected chi connectivity index (χ1v) is 13.1. The topological polar surface area (TPSA) is 117 Å². The van der Waals surface area contributed by atoms with Crippen LogP contribution in [0.25, 0.3) is 22.3 Å². The number of anilines is 2. The van der Waals surface area contributed by atoms with E-state index in [1.807, 2.05) is 31.2 Å². The second-order valence-electron chi connectivity index (χ2n) is 8.50. The fourth-order valence-electron chi connectivity index (χ4n) is 4.23. The molecule has 0 aliphatic rings. The maximum atomic E-state index is 13.6. The summed E-state index contributed by atoms with van der Waals surface area (Å²) in [6.07, 6.45) is 1.44. The average molecular weight is 554 g/mol. The van der Waals surface area contributed by atoms with E-state index in [0.717, 1.165) is 31.1 Å². The van der Waals surface area contributed by atoms with E-state index in [1.54, 1.807) is 6.07 Å². The van der Waals surface area contributed by atoms with E-state index in [2.05, 4.69) is 44.2 Å². The molecule has 3 aromatic heterocycles. The van der Waals surface area contributed by atoms with Gasteiger partial charge in [-0.05, 0) is 50.3 Å². The van der Waals surface area contributed by atoms with Crippen molar-refractivity contribution in [1.82, 2.24) is 29.6 Å². The maximum Gasteiger partial charge on any atom is 0.260 e. The fraction of sp³-hybridized carbons (Fsp3) is 0.370. The molecule has 0 spiro atoms. The average Bonchev–Trinajstić information content (AvgIpc) is 2.96. The Morgan fingerprint density at radius 1 is 1.05 bits per heavy atom. The normalized spacial score (nSPS) is 11.2. The highest BCUT2D eigenvalue weighted by molar-refractivity contribution is 6.31. The fourth-order valence-corrected chi connectivity index (χ4v) is 4.45. The lowest BCUT2D eigenvalue weighted by molar-refractivity contribution is 0.223. The Morgan fingerprint density at radius 3 is 2.44 bits per heavy atom. The summed E-state index contributed by atoms with van der Waals surface area (Å²) in [7, 11) is 2.94. The summed E-state index contributed by atoms with van der Waals surface area (Å²) in [5.41, 5.74) is 1.94. The zero-order valence-electron chi connectivity index (χ0n) is 22.7. The van der Waals surface area contributed by atoms with Gasteiger partial charge >= 0.3 is 0 Å². The molecule has 0 radical (unpaired) electrons. The molecular weight excluding hydrogens is 522 g/mol. The van der Waals surface area contributed by atoms with E-state index >= 15 is 0 Å². The van der Waals surface area contributed by atoms with Gasteiger partial charge in [-0.25, -0.2) is 4.98 Å². The monoisotopic (exact) mass is 553 g/mol. The number of aromatic nitrogens is 5. The maximum absolute atomic E-state index is 13.6. The van der Waals surface area contributed by atoms with Crippen LogP contribution in [0.4, 0.5) is 11.6 Å². The van der Waals surface area contributed by atoms with Crippen molar-refractivity contribution in [3.8, 4) is 28.4 Å². The first-order valence-electron chi connectivity index (χ1n) is 12.7. The van der Waals surface area contributed by atoms with Crippen LogP contribution in [0.1, 0.15) is 20.8 Å². The quantitative estimate of drug-likeness (QED) is 0.253. The van der Waals surface area contributed by atoms with Crippen LogP contribution in [0.5, 0.6) is 17.2 Å². The number of halogens is 1. The van der Waals surface area contributed by atoms with Gasteiger partial charge in [-0.2, -0.15) is 4.98 Å². The standard InChI is InChI=1S/C27H32ClN7O4/c1-6-34(7-2)13-14-39-18-11-9-17(10-12-18)30-27-31-25-20(32-33-27)15-19(26(36)35(25)8-3)22-21(37-4)16-29-24(28)23(22)38-5/h9-12,15-16H,6-8,13-14H2,1-5H3,(H,30,31,33). The highest BCUT2D eigenvalue weighted by Crippen LogP contribution is 2.40. The van der Waals surface area contributed by atoms with E-state index in [1.165, 1.54) is 25.0 Å². The number of benzene rings is 1. The van der Waals surface area contributed by atoms with Crippen LogP contribution in [-0.2, 0) is 6.54 Å². The number of hydrogen-bond acceptors (Lipinski definition) is 10. The second-order valence-corrected chi connectivity index (χ2v) is 8.86. The third kappa shape index (κ3) is 6.04. The Labute approximate surface area is 231 Å². The molecule has 3 heterocycles. The molecule has 39 heavy (non-hydrogen) atoms. The summed E-state index contributed by atoms with van der Waals surface area (Å²) in [5, 5.41) is 11.8. The Hall–Kier alpha value is -3.96. The number of nitrogens with one attached hydrogen (secondary N) is 1. The van der Waals surface area contributed by atoms with Gasteiger partial charge in [0.1, 0.15) is 23.6 Å². The highest BCUT2D eigenvalue weighted by Gasteiger charge is 2.23. The number of rotatable bonds is 12. The third-order valence-electron chi connectivity index (χ3n) is 6.35. The van der Waals surface area contributed by atoms with Gasteiger partial charge in [-0.3, -0.25) is 9.36 Å². The van der Waals surface area contributed by atoms with E-state index in [9.17, 15) is 4.79 Å². The summed E-state index contributed by atoms with van der Waals surface area (Å²) in [6.45, 7) is 9.96. The van der Waals surface area contributed by atoms with E-state index in [-0.39, 0.29) is 28.0 Å². The Bertz CT molecular complexity index is 1490. The molecule has 0 unspecified atom stereocenters. The van der Waals surface area contributed by atoms with Crippen LogP contribution < -0.4 is 25.1 Å². The van der Waals surface area contributed by atoms with Crippen LogP contribution in [0.2, 0.25) is 5.15 Å². The molecule has 0 bridgehead atoms. The molecule has 0 atom stereocenters. The molecule has 1 aromatic carbocycles. The van der Waals surface area contributed by atoms with Gasteiger partial charge in [-0.15, -0.1) is 10.2 Å². The minimum absolute atomic E-state index is 0.111. The molecule has 0 fully saturated rings. The summed E-state index contributed by atoms with van der Waals surface area (Å²) in [6, 6.07) is 9.13. The number of ether oxygens (including phenoxy) is 3. The van der Waals surface area contributed by atoms with Crippen molar-refractivity contribution < 1.29 is 14.2 Å². The Balaban J connectivity index is 1.62. The van der Waals surface area contributed by atoms with Gasteiger partial charge in [0.05, 0.1) is 31.5 Å². The van der Waals surface area contributed by atoms with Gasteiger partial charge in [-0.1, -0.05) is 25.4 Å². The number of methoxy groups -OCH3 is 2. The van der Waals surface area contributed by atoms with Gasteiger partial charge in [0, 0.05) is 18.8 Å². The number of aryl methyl sites for hydroxylation is 1. The Kier molecular flexibility index (Phi) is 9.15. The molecule has 12 heteroatoms. The van der Waals surface area contributed by atoms with Crippen LogP contribution >= 0.6 is 11.6 Å². The van der Waals surface area contributed by atoms with Gasteiger partial charge in [0.2, 0.25) is 5.95 Å².